The third-order valence-electron chi connectivity index (χ3n) is 2.92. The van der Waals surface area contributed by atoms with Gasteiger partial charge in [0.05, 0.1) is 5.69 Å². The Bertz CT molecular complexity index is 723. The van der Waals surface area contributed by atoms with Crippen molar-refractivity contribution in [2.75, 3.05) is 5.73 Å². The van der Waals surface area contributed by atoms with E-state index in [4.69, 9.17) is 10.5 Å². The molecule has 20 heavy (non-hydrogen) atoms. The van der Waals surface area contributed by atoms with Gasteiger partial charge in [0.1, 0.15) is 17.1 Å². The Kier molecular flexibility index (Phi) is 3.15. The molecule has 3 aromatic heterocycles. The Morgan fingerprint density at radius 3 is 3.05 bits per heavy atom. The molecule has 0 bridgehead atoms. The number of hydrogen-bond donors (Lipinski definition) is 1. The first kappa shape index (κ1) is 12.7. The smallest absolute Gasteiger partial charge is 0.348 e. The number of imidazole rings is 1. The van der Waals surface area contributed by atoms with Crippen molar-refractivity contribution in [2.45, 2.75) is 13.5 Å². The average molecular weight is 287 g/mol. The van der Waals surface area contributed by atoms with Crippen LogP contribution in [0.1, 0.15) is 20.2 Å². The molecule has 0 atom stereocenters. The molecular weight excluding hydrogens is 274 g/mol. The topological polar surface area (TPSA) is 69.6 Å². The number of carbonyl (C=O) groups excluding carboxylic acids is 1. The van der Waals surface area contributed by atoms with E-state index in [-0.39, 0.29) is 12.6 Å². The minimum Gasteiger partial charge on any atom is -0.455 e. The zero-order chi connectivity index (χ0) is 14.1. The van der Waals surface area contributed by atoms with Crippen molar-refractivity contribution >= 4 is 28.6 Å². The summed E-state index contributed by atoms with van der Waals surface area (Å²) in [6, 6.07) is 7.37. The second-order valence-electron chi connectivity index (χ2n) is 4.40. The van der Waals surface area contributed by atoms with E-state index in [0.29, 0.717) is 16.3 Å². The maximum absolute atomic E-state index is 11.9. The van der Waals surface area contributed by atoms with Gasteiger partial charge in [-0.3, -0.25) is 0 Å². The van der Waals surface area contributed by atoms with E-state index in [1.54, 1.807) is 6.07 Å². The molecule has 3 rings (SSSR count). The Morgan fingerprint density at radius 2 is 2.35 bits per heavy atom. The maximum Gasteiger partial charge on any atom is 0.348 e. The highest BCUT2D eigenvalue weighted by molar-refractivity contribution is 7.14. The first-order valence-electron chi connectivity index (χ1n) is 6.09. The molecule has 0 spiro atoms. The van der Waals surface area contributed by atoms with Crippen LogP contribution in [-0.2, 0) is 11.3 Å². The standard InChI is InChI=1S/C14H13N3O2S/c1-9-11(15)6-12(20-9)14(18)19-8-10-7-17-5-3-2-4-13(17)16-10/h2-7H,8,15H2,1H3. The molecule has 0 aliphatic heterocycles. The van der Waals surface area contributed by atoms with Crippen molar-refractivity contribution in [1.29, 1.82) is 0 Å². The number of esters is 1. The molecule has 6 heteroatoms. The van der Waals surface area contributed by atoms with Crippen molar-refractivity contribution in [3.63, 3.8) is 0 Å². The molecule has 102 valence electrons. The minimum atomic E-state index is -0.369. The van der Waals surface area contributed by atoms with Crippen LogP contribution >= 0.6 is 11.3 Å². The molecule has 0 aromatic carbocycles. The first-order chi connectivity index (χ1) is 9.63. The molecular formula is C14H13N3O2S. The van der Waals surface area contributed by atoms with Crippen LogP contribution in [0.2, 0.25) is 0 Å². The number of hydrogen-bond acceptors (Lipinski definition) is 5. The summed E-state index contributed by atoms with van der Waals surface area (Å²) in [5.41, 5.74) is 7.89. The van der Waals surface area contributed by atoms with Crippen LogP contribution in [0.25, 0.3) is 5.65 Å². The second kappa shape index (κ2) is 4.97. The van der Waals surface area contributed by atoms with Crippen molar-refractivity contribution in [2.24, 2.45) is 0 Å². The van der Waals surface area contributed by atoms with E-state index in [0.717, 1.165) is 10.5 Å². The largest absolute Gasteiger partial charge is 0.455 e. The normalized spacial score (nSPS) is 10.8. The van der Waals surface area contributed by atoms with Gasteiger partial charge in [0, 0.05) is 23.0 Å². The SMILES string of the molecule is Cc1sc(C(=O)OCc2cn3ccccc3n2)cc1N. The molecule has 0 aliphatic carbocycles. The van der Waals surface area contributed by atoms with Crippen molar-refractivity contribution in [3.8, 4) is 0 Å². The summed E-state index contributed by atoms with van der Waals surface area (Å²) < 4.78 is 7.14. The highest BCUT2D eigenvalue weighted by Gasteiger charge is 2.13. The average Bonchev–Trinajstić information content (AvgIpc) is 3.00. The number of fused-ring (bicyclic) bond motifs is 1. The Labute approximate surface area is 119 Å². The molecule has 0 fully saturated rings. The summed E-state index contributed by atoms with van der Waals surface area (Å²) in [4.78, 5) is 17.7. The summed E-state index contributed by atoms with van der Waals surface area (Å²) in [5, 5.41) is 0. The Hall–Kier alpha value is -2.34. The number of anilines is 1. The van der Waals surface area contributed by atoms with E-state index >= 15 is 0 Å². The van der Waals surface area contributed by atoms with Crippen LogP contribution in [0.15, 0.2) is 36.7 Å². The van der Waals surface area contributed by atoms with Gasteiger partial charge in [-0.15, -0.1) is 11.3 Å². The lowest BCUT2D eigenvalue weighted by molar-refractivity contribution is 0.0474. The van der Waals surface area contributed by atoms with Crippen LogP contribution in [0.5, 0.6) is 0 Å². The van der Waals surface area contributed by atoms with Gasteiger partial charge in [-0.05, 0) is 25.1 Å². The lowest BCUT2D eigenvalue weighted by atomic mass is 10.4. The molecule has 0 unspecified atom stereocenters. The van der Waals surface area contributed by atoms with Crippen molar-refractivity contribution < 1.29 is 9.53 Å². The van der Waals surface area contributed by atoms with Crippen LogP contribution in [0.4, 0.5) is 5.69 Å². The molecule has 5 nitrogen and oxygen atoms in total. The summed E-state index contributed by atoms with van der Waals surface area (Å²) in [6.07, 6.45) is 3.74. The van der Waals surface area contributed by atoms with Gasteiger partial charge in [-0.25, -0.2) is 9.78 Å². The fraction of sp³-hybridized carbons (Fsp3) is 0.143. The molecule has 3 aromatic rings. The van der Waals surface area contributed by atoms with Gasteiger partial charge in [0.2, 0.25) is 0 Å². The molecule has 0 aliphatic rings. The van der Waals surface area contributed by atoms with Gasteiger partial charge in [-0.1, -0.05) is 6.07 Å². The molecule has 2 N–H and O–H groups in total. The lowest BCUT2D eigenvalue weighted by Crippen LogP contribution is -2.03. The van der Waals surface area contributed by atoms with E-state index in [1.807, 2.05) is 41.9 Å². The van der Waals surface area contributed by atoms with E-state index in [9.17, 15) is 4.79 Å². The molecule has 0 radical (unpaired) electrons. The number of aryl methyl sites for hydroxylation is 1. The number of rotatable bonds is 3. The zero-order valence-corrected chi connectivity index (χ0v) is 11.7. The predicted octanol–water partition coefficient (Wildman–Crippen LogP) is 2.64. The molecule has 0 amide bonds. The van der Waals surface area contributed by atoms with Gasteiger partial charge in [-0.2, -0.15) is 0 Å². The van der Waals surface area contributed by atoms with Gasteiger partial charge >= 0.3 is 5.97 Å². The molecule has 3 heterocycles. The van der Waals surface area contributed by atoms with Crippen molar-refractivity contribution in [3.05, 3.63) is 52.1 Å². The van der Waals surface area contributed by atoms with Crippen LogP contribution in [0.3, 0.4) is 0 Å². The number of pyridine rings is 1. The Balaban J connectivity index is 1.71. The van der Waals surface area contributed by atoms with Crippen molar-refractivity contribution in [1.82, 2.24) is 9.38 Å². The summed E-state index contributed by atoms with van der Waals surface area (Å²) >= 11 is 1.34. The number of nitrogen functional groups attached to an aromatic ring is 1. The van der Waals surface area contributed by atoms with E-state index in [2.05, 4.69) is 4.98 Å². The number of ether oxygens (including phenoxy) is 1. The monoisotopic (exact) mass is 287 g/mol. The van der Waals surface area contributed by atoms with Crippen LogP contribution < -0.4 is 5.73 Å². The number of aromatic nitrogens is 2. The van der Waals surface area contributed by atoms with Crippen LogP contribution in [-0.4, -0.2) is 15.4 Å². The second-order valence-corrected chi connectivity index (χ2v) is 5.65. The number of nitrogens with two attached hydrogens (primary N) is 1. The first-order valence-corrected chi connectivity index (χ1v) is 6.91. The van der Waals surface area contributed by atoms with E-state index in [1.165, 1.54) is 11.3 Å². The minimum absolute atomic E-state index is 0.150. The van der Waals surface area contributed by atoms with Crippen LogP contribution in [0, 0.1) is 6.92 Å². The molecule has 0 saturated heterocycles. The fourth-order valence-electron chi connectivity index (χ4n) is 1.86. The van der Waals surface area contributed by atoms with Gasteiger partial charge in [0.25, 0.3) is 0 Å². The lowest BCUT2D eigenvalue weighted by Gasteiger charge is -1.99. The number of nitrogens with zero attached hydrogens (tertiary/aromatic N) is 2. The highest BCUT2D eigenvalue weighted by atomic mass is 32.1. The third-order valence-corrected chi connectivity index (χ3v) is 3.97. The summed E-state index contributed by atoms with van der Waals surface area (Å²) in [5.74, 6) is -0.369. The van der Waals surface area contributed by atoms with E-state index < -0.39 is 0 Å². The number of carbonyl (C=O) groups is 1. The summed E-state index contributed by atoms with van der Waals surface area (Å²) in [7, 11) is 0. The van der Waals surface area contributed by atoms with Gasteiger partial charge < -0.3 is 14.9 Å². The summed E-state index contributed by atoms with van der Waals surface area (Å²) in [6.45, 7) is 2.02. The third kappa shape index (κ3) is 2.37. The number of thiophene rings is 1. The molecule has 0 saturated carbocycles. The predicted molar refractivity (Wildman–Crippen MR) is 77.8 cm³/mol. The van der Waals surface area contributed by atoms with Gasteiger partial charge in [0.15, 0.2) is 0 Å². The zero-order valence-electron chi connectivity index (χ0n) is 10.9. The fourth-order valence-corrected chi connectivity index (χ4v) is 2.70. The maximum atomic E-state index is 11.9. The highest BCUT2D eigenvalue weighted by Crippen LogP contribution is 2.24. The quantitative estimate of drug-likeness (QED) is 0.752. The Morgan fingerprint density at radius 1 is 1.50 bits per heavy atom.